The van der Waals surface area contributed by atoms with Gasteiger partial charge in [0, 0.05) is 13.6 Å². The van der Waals surface area contributed by atoms with Crippen LogP contribution in [0.15, 0.2) is 16.0 Å². The second-order valence-electron chi connectivity index (χ2n) is 5.03. The van der Waals surface area contributed by atoms with Crippen molar-refractivity contribution >= 4 is 34.1 Å². The molecule has 116 valence electrons. The van der Waals surface area contributed by atoms with Crippen molar-refractivity contribution in [2.45, 2.75) is 48.6 Å². The number of carbonyl (C=O) groups excluding carboxylic acids is 1. The summed E-state index contributed by atoms with van der Waals surface area (Å²) in [6.45, 7) is 2.63. The molecule has 1 heterocycles. The van der Waals surface area contributed by atoms with Crippen LogP contribution in [-0.2, 0) is 4.79 Å². The Kier molecular flexibility index (Phi) is 6.50. The smallest absolute Gasteiger partial charge is 0.233 e. The maximum Gasteiger partial charge on any atom is 0.233 e. The van der Waals surface area contributed by atoms with Gasteiger partial charge in [-0.1, -0.05) is 34.7 Å². The Hall–Kier alpha value is -1.08. The predicted octanol–water partition coefficient (Wildman–Crippen LogP) is 3.07. The fraction of sp³-hybridized carbons (Fsp3) is 0.643. The lowest BCUT2D eigenvalue weighted by molar-refractivity contribution is -0.120. The molecule has 1 aliphatic carbocycles. The Labute approximate surface area is 134 Å². The first-order chi connectivity index (χ1) is 10.2. The van der Waals surface area contributed by atoms with Gasteiger partial charge in [0.05, 0.1) is 5.25 Å². The van der Waals surface area contributed by atoms with Crippen LogP contribution >= 0.6 is 23.1 Å². The third kappa shape index (κ3) is 5.32. The normalized spacial score (nSPS) is 16.2. The van der Waals surface area contributed by atoms with Gasteiger partial charge < -0.3 is 10.6 Å². The van der Waals surface area contributed by atoms with E-state index in [-0.39, 0.29) is 11.2 Å². The van der Waals surface area contributed by atoms with Gasteiger partial charge in [-0.05, 0) is 39.0 Å². The second kappa shape index (κ2) is 8.38. The van der Waals surface area contributed by atoms with Crippen LogP contribution in [0, 0.1) is 0 Å². The van der Waals surface area contributed by atoms with Crippen LogP contribution < -0.4 is 10.6 Å². The van der Waals surface area contributed by atoms with E-state index < -0.39 is 0 Å². The Balaban J connectivity index is 1.70. The van der Waals surface area contributed by atoms with E-state index in [1.807, 2.05) is 14.0 Å². The standard InChI is InChI=1S/C14H22N4OS2/c1-10(20-14-18-17-13(15-2)21-14)12(19)16-9-8-11-6-4-3-5-7-11/h6,10H,3-5,7-9H2,1-2H3,(H,15,17)(H,16,19)/t10-/m0/s1. The van der Waals surface area contributed by atoms with E-state index in [1.54, 1.807) is 0 Å². The lowest BCUT2D eigenvalue weighted by Crippen LogP contribution is -2.31. The van der Waals surface area contributed by atoms with Crippen molar-refractivity contribution < 1.29 is 4.79 Å². The lowest BCUT2D eigenvalue weighted by atomic mass is 9.97. The molecule has 0 fully saturated rings. The zero-order valence-corrected chi connectivity index (χ0v) is 14.1. The van der Waals surface area contributed by atoms with Gasteiger partial charge in [-0.2, -0.15) is 0 Å². The topological polar surface area (TPSA) is 66.9 Å². The zero-order valence-electron chi connectivity index (χ0n) is 12.5. The van der Waals surface area contributed by atoms with Crippen molar-refractivity contribution in [3.05, 3.63) is 11.6 Å². The van der Waals surface area contributed by atoms with Gasteiger partial charge >= 0.3 is 0 Å². The molecule has 0 saturated heterocycles. The number of rotatable bonds is 7. The van der Waals surface area contributed by atoms with Gasteiger partial charge in [0.15, 0.2) is 4.34 Å². The molecular weight excluding hydrogens is 304 g/mol. The molecule has 1 aromatic heterocycles. The second-order valence-corrected chi connectivity index (χ2v) is 7.60. The maximum absolute atomic E-state index is 12.1. The predicted molar refractivity (Wildman–Crippen MR) is 89.0 cm³/mol. The SMILES string of the molecule is CNc1nnc(S[C@@H](C)C(=O)NCCC2=CCCCC2)s1. The first kappa shape index (κ1) is 16.3. The zero-order chi connectivity index (χ0) is 15.1. The third-order valence-corrected chi connectivity index (χ3v) is 5.52. The van der Waals surface area contributed by atoms with E-state index in [0.29, 0.717) is 0 Å². The number of nitrogens with zero attached hydrogens (tertiary/aromatic N) is 2. The van der Waals surface area contributed by atoms with Crippen LogP contribution in [0.25, 0.3) is 0 Å². The van der Waals surface area contributed by atoms with Crippen LogP contribution in [0.1, 0.15) is 39.0 Å². The highest BCUT2D eigenvalue weighted by Gasteiger charge is 2.16. The van der Waals surface area contributed by atoms with Crippen LogP contribution in [0.3, 0.4) is 0 Å². The number of amides is 1. The molecule has 2 rings (SSSR count). The monoisotopic (exact) mass is 326 g/mol. The highest BCUT2D eigenvalue weighted by atomic mass is 32.2. The average Bonchev–Trinajstić information content (AvgIpc) is 2.96. The first-order valence-corrected chi connectivity index (χ1v) is 9.02. The summed E-state index contributed by atoms with van der Waals surface area (Å²) in [6, 6.07) is 0. The summed E-state index contributed by atoms with van der Waals surface area (Å²) in [4.78, 5) is 12.1. The van der Waals surface area contributed by atoms with Crippen LogP contribution in [0.5, 0.6) is 0 Å². The Bertz CT molecular complexity index is 501. The summed E-state index contributed by atoms with van der Waals surface area (Å²) in [5.74, 6) is 0.0672. The number of nitrogens with one attached hydrogen (secondary N) is 2. The fourth-order valence-electron chi connectivity index (χ4n) is 2.18. The minimum absolute atomic E-state index is 0.0672. The van der Waals surface area contributed by atoms with Crippen LogP contribution in [-0.4, -0.2) is 34.9 Å². The number of allylic oxidation sites excluding steroid dienone is 1. The largest absolute Gasteiger partial charge is 0.363 e. The van der Waals surface area contributed by atoms with Crippen molar-refractivity contribution in [2.24, 2.45) is 0 Å². The molecule has 1 atom stereocenters. The molecule has 0 radical (unpaired) electrons. The molecule has 0 saturated carbocycles. The van der Waals surface area contributed by atoms with Gasteiger partial charge in [0.2, 0.25) is 11.0 Å². The number of hydrogen-bond acceptors (Lipinski definition) is 6. The fourth-order valence-corrected chi connectivity index (χ4v) is 4.06. The van der Waals surface area contributed by atoms with Crippen molar-refractivity contribution in [3.63, 3.8) is 0 Å². The third-order valence-electron chi connectivity index (χ3n) is 3.40. The van der Waals surface area contributed by atoms with Gasteiger partial charge in [0.25, 0.3) is 0 Å². The number of anilines is 1. The molecule has 0 bridgehead atoms. The van der Waals surface area contributed by atoms with E-state index in [0.717, 1.165) is 22.4 Å². The molecule has 0 spiro atoms. The maximum atomic E-state index is 12.1. The lowest BCUT2D eigenvalue weighted by Gasteiger charge is -2.14. The molecule has 0 aliphatic heterocycles. The van der Waals surface area contributed by atoms with Crippen molar-refractivity contribution in [1.29, 1.82) is 0 Å². The quantitative estimate of drug-likeness (QED) is 0.595. The number of hydrogen-bond donors (Lipinski definition) is 2. The highest BCUT2D eigenvalue weighted by molar-refractivity contribution is 8.02. The minimum atomic E-state index is -0.150. The summed E-state index contributed by atoms with van der Waals surface area (Å²) < 4.78 is 0.817. The molecule has 1 amide bonds. The summed E-state index contributed by atoms with van der Waals surface area (Å²) in [5.41, 5.74) is 1.49. The molecule has 21 heavy (non-hydrogen) atoms. The Morgan fingerprint density at radius 1 is 1.48 bits per heavy atom. The molecule has 0 aromatic carbocycles. The Morgan fingerprint density at radius 3 is 3.00 bits per heavy atom. The van der Waals surface area contributed by atoms with E-state index in [4.69, 9.17) is 0 Å². The van der Waals surface area contributed by atoms with Gasteiger partial charge in [-0.15, -0.1) is 10.2 Å². The summed E-state index contributed by atoms with van der Waals surface area (Å²) in [5, 5.41) is 14.6. The number of carbonyl (C=O) groups is 1. The number of thioether (sulfide) groups is 1. The molecule has 1 aromatic rings. The van der Waals surface area contributed by atoms with E-state index in [9.17, 15) is 4.79 Å². The van der Waals surface area contributed by atoms with Crippen molar-refractivity contribution in [2.75, 3.05) is 18.9 Å². The van der Waals surface area contributed by atoms with Gasteiger partial charge in [-0.25, -0.2) is 0 Å². The van der Waals surface area contributed by atoms with E-state index in [1.165, 1.54) is 54.4 Å². The summed E-state index contributed by atoms with van der Waals surface area (Å²) >= 11 is 2.92. The van der Waals surface area contributed by atoms with Gasteiger partial charge in [-0.3, -0.25) is 4.79 Å². The van der Waals surface area contributed by atoms with Crippen LogP contribution in [0.4, 0.5) is 5.13 Å². The Morgan fingerprint density at radius 2 is 2.33 bits per heavy atom. The van der Waals surface area contributed by atoms with Crippen molar-refractivity contribution in [3.8, 4) is 0 Å². The van der Waals surface area contributed by atoms with Gasteiger partial charge in [0.1, 0.15) is 0 Å². The summed E-state index contributed by atoms with van der Waals surface area (Å²) in [6.07, 6.45) is 8.29. The molecule has 2 N–H and O–H groups in total. The first-order valence-electron chi connectivity index (χ1n) is 7.32. The highest BCUT2D eigenvalue weighted by Crippen LogP contribution is 2.28. The molecule has 1 aliphatic rings. The molecule has 7 heteroatoms. The summed E-state index contributed by atoms with van der Waals surface area (Å²) in [7, 11) is 1.81. The molecule has 5 nitrogen and oxygen atoms in total. The van der Waals surface area contributed by atoms with E-state index >= 15 is 0 Å². The van der Waals surface area contributed by atoms with E-state index in [2.05, 4.69) is 26.9 Å². The molecule has 0 unspecified atom stereocenters. The molecular formula is C14H22N4OS2. The number of aromatic nitrogens is 2. The average molecular weight is 326 g/mol. The van der Waals surface area contributed by atoms with Crippen LogP contribution in [0.2, 0.25) is 0 Å². The van der Waals surface area contributed by atoms with Crippen molar-refractivity contribution in [1.82, 2.24) is 15.5 Å². The minimum Gasteiger partial charge on any atom is -0.363 e.